The molecule has 0 bridgehead atoms. The summed E-state index contributed by atoms with van der Waals surface area (Å²) in [6.45, 7) is 1.52. The number of benzene rings is 2. The Kier molecular flexibility index (Phi) is 4.73. The Morgan fingerprint density at radius 1 is 1.04 bits per heavy atom. The quantitative estimate of drug-likeness (QED) is 0.728. The fourth-order valence-corrected chi connectivity index (χ4v) is 3.45. The zero-order valence-electron chi connectivity index (χ0n) is 15.0. The van der Waals surface area contributed by atoms with Gasteiger partial charge in [-0.25, -0.2) is 9.97 Å². The number of ether oxygens (including phenoxy) is 1. The van der Waals surface area contributed by atoms with Gasteiger partial charge in [0.05, 0.1) is 10.9 Å². The average Bonchev–Trinajstić information content (AvgIpc) is 2.73. The summed E-state index contributed by atoms with van der Waals surface area (Å²) in [7, 11) is 0. The zero-order valence-corrected chi connectivity index (χ0v) is 15.0. The number of para-hydroxylation sites is 1. The van der Waals surface area contributed by atoms with Crippen LogP contribution < -0.4 is 11.1 Å². The first kappa shape index (κ1) is 17.4. The largest absolute Gasteiger partial charge is 0.381 e. The monoisotopic (exact) mass is 362 g/mol. The number of anilines is 1. The molecule has 6 nitrogen and oxygen atoms in total. The number of rotatable bonds is 5. The highest BCUT2D eigenvalue weighted by Gasteiger charge is 2.38. The molecule has 1 saturated heterocycles. The van der Waals surface area contributed by atoms with E-state index >= 15 is 0 Å². The van der Waals surface area contributed by atoms with E-state index < -0.39 is 5.41 Å². The van der Waals surface area contributed by atoms with Crippen molar-refractivity contribution in [3.63, 3.8) is 0 Å². The summed E-state index contributed by atoms with van der Waals surface area (Å²) in [4.78, 5) is 21.6. The van der Waals surface area contributed by atoms with Crippen LogP contribution in [0.4, 0.5) is 5.82 Å². The van der Waals surface area contributed by atoms with Gasteiger partial charge in [0.15, 0.2) is 5.82 Å². The number of aromatic nitrogens is 2. The van der Waals surface area contributed by atoms with Crippen LogP contribution in [0.15, 0.2) is 54.6 Å². The molecule has 0 saturated carbocycles. The lowest BCUT2D eigenvalue weighted by molar-refractivity contribution is -0.132. The molecule has 1 amide bonds. The molecule has 0 unspecified atom stereocenters. The number of carbonyl (C=O) groups is 1. The highest BCUT2D eigenvalue weighted by molar-refractivity contribution is 5.91. The van der Waals surface area contributed by atoms with Gasteiger partial charge in [-0.1, -0.05) is 42.5 Å². The van der Waals surface area contributed by atoms with Crippen LogP contribution in [0.2, 0.25) is 0 Å². The van der Waals surface area contributed by atoms with Crippen molar-refractivity contribution < 1.29 is 9.53 Å². The van der Waals surface area contributed by atoms with E-state index in [4.69, 9.17) is 20.4 Å². The maximum absolute atomic E-state index is 12.1. The van der Waals surface area contributed by atoms with Gasteiger partial charge in [-0.05, 0) is 25.0 Å². The molecule has 2 aromatic carbocycles. The van der Waals surface area contributed by atoms with Gasteiger partial charge in [0.1, 0.15) is 5.82 Å². The summed E-state index contributed by atoms with van der Waals surface area (Å²) in [5.74, 6) is 1.07. The number of fused-ring (bicyclic) bond motifs is 1. The third kappa shape index (κ3) is 3.48. The van der Waals surface area contributed by atoms with Crippen LogP contribution in [0, 0.1) is 5.41 Å². The van der Waals surface area contributed by atoms with E-state index in [1.54, 1.807) is 0 Å². The highest BCUT2D eigenvalue weighted by atomic mass is 16.5. The van der Waals surface area contributed by atoms with Crippen LogP contribution in [0.25, 0.3) is 22.3 Å². The van der Waals surface area contributed by atoms with Crippen LogP contribution >= 0.6 is 0 Å². The second-order valence-corrected chi connectivity index (χ2v) is 6.89. The van der Waals surface area contributed by atoms with Gasteiger partial charge < -0.3 is 15.8 Å². The summed E-state index contributed by atoms with van der Waals surface area (Å²) >= 11 is 0. The summed E-state index contributed by atoms with van der Waals surface area (Å²) in [5, 5.41) is 4.30. The molecule has 27 heavy (non-hydrogen) atoms. The van der Waals surface area contributed by atoms with E-state index in [0.717, 1.165) is 16.5 Å². The molecule has 4 rings (SSSR count). The molecule has 0 spiro atoms. The van der Waals surface area contributed by atoms with Crippen LogP contribution in [0.5, 0.6) is 0 Å². The summed E-state index contributed by atoms with van der Waals surface area (Å²) in [6, 6.07) is 17.7. The Morgan fingerprint density at radius 3 is 2.48 bits per heavy atom. The van der Waals surface area contributed by atoms with Crippen molar-refractivity contribution >= 4 is 22.6 Å². The Morgan fingerprint density at radius 2 is 1.74 bits per heavy atom. The molecule has 3 aromatic rings. The van der Waals surface area contributed by atoms with Crippen LogP contribution in [-0.2, 0) is 9.53 Å². The Bertz CT molecular complexity index is 953. The standard InChI is InChI=1S/C21H22N4O2/c22-20(26)21(10-12-27-13-11-21)14-23-19-16-8-4-5-9-17(16)24-18(25-19)15-6-2-1-3-7-15/h1-9H,10-14H2,(H2,22,26)(H,23,24,25). The van der Waals surface area contributed by atoms with E-state index in [-0.39, 0.29) is 5.91 Å². The number of hydrogen-bond acceptors (Lipinski definition) is 5. The number of nitrogens with zero attached hydrogens (tertiary/aromatic N) is 2. The van der Waals surface area contributed by atoms with Crippen molar-refractivity contribution in [2.24, 2.45) is 11.1 Å². The van der Waals surface area contributed by atoms with Crippen LogP contribution in [-0.4, -0.2) is 35.6 Å². The number of primary amides is 1. The lowest BCUT2D eigenvalue weighted by Crippen LogP contribution is -2.46. The first-order chi connectivity index (χ1) is 13.2. The number of amides is 1. The predicted octanol–water partition coefficient (Wildman–Crippen LogP) is 2.99. The molecular weight excluding hydrogens is 340 g/mol. The van der Waals surface area contributed by atoms with E-state index in [0.29, 0.717) is 44.2 Å². The predicted molar refractivity (Wildman–Crippen MR) is 105 cm³/mol. The van der Waals surface area contributed by atoms with Crippen molar-refractivity contribution in [2.45, 2.75) is 12.8 Å². The molecule has 1 aromatic heterocycles. The van der Waals surface area contributed by atoms with E-state index in [1.807, 2.05) is 54.6 Å². The molecule has 0 atom stereocenters. The number of carbonyl (C=O) groups excluding carboxylic acids is 1. The molecule has 3 N–H and O–H groups in total. The van der Waals surface area contributed by atoms with Gasteiger partial charge in [-0.15, -0.1) is 0 Å². The summed E-state index contributed by atoms with van der Waals surface area (Å²) < 4.78 is 5.41. The number of nitrogens with one attached hydrogen (secondary N) is 1. The Balaban J connectivity index is 1.71. The summed E-state index contributed by atoms with van der Waals surface area (Å²) in [6.07, 6.45) is 1.23. The molecule has 1 fully saturated rings. The lowest BCUT2D eigenvalue weighted by Gasteiger charge is -2.34. The third-order valence-corrected chi connectivity index (χ3v) is 5.20. The first-order valence-electron chi connectivity index (χ1n) is 9.12. The van der Waals surface area contributed by atoms with E-state index in [2.05, 4.69) is 5.32 Å². The van der Waals surface area contributed by atoms with Crippen molar-refractivity contribution in [2.75, 3.05) is 25.1 Å². The van der Waals surface area contributed by atoms with Crippen LogP contribution in [0.3, 0.4) is 0 Å². The van der Waals surface area contributed by atoms with Crippen molar-refractivity contribution in [3.8, 4) is 11.4 Å². The van der Waals surface area contributed by atoms with Crippen molar-refractivity contribution in [3.05, 3.63) is 54.6 Å². The second kappa shape index (κ2) is 7.32. The second-order valence-electron chi connectivity index (χ2n) is 6.89. The molecular formula is C21H22N4O2. The van der Waals surface area contributed by atoms with Gasteiger partial charge in [0.25, 0.3) is 0 Å². The van der Waals surface area contributed by atoms with Gasteiger partial charge in [-0.3, -0.25) is 4.79 Å². The highest BCUT2D eigenvalue weighted by Crippen LogP contribution is 2.32. The SMILES string of the molecule is NC(=O)C1(CNc2nc(-c3ccccc3)nc3ccccc23)CCOCC1. The number of nitrogens with two attached hydrogens (primary N) is 1. The fraction of sp³-hybridized carbons (Fsp3) is 0.286. The van der Waals surface area contributed by atoms with Gasteiger partial charge >= 0.3 is 0 Å². The van der Waals surface area contributed by atoms with Gasteiger partial charge in [-0.2, -0.15) is 0 Å². The first-order valence-corrected chi connectivity index (χ1v) is 9.12. The summed E-state index contributed by atoms with van der Waals surface area (Å²) in [5.41, 5.74) is 6.92. The molecule has 0 radical (unpaired) electrons. The smallest absolute Gasteiger partial charge is 0.225 e. The third-order valence-electron chi connectivity index (χ3n) is 5.20. The fourth-order valence-electron chi connectivity index (χ4n) is 3.45. The molecule has 0 aliphatic carbocycles. The normalized spacial score (nSPS) is 16.1. The average molecular weight is 362 g/mol. The lowest BCUT2D eigenvalue weighted by atomic mass is 9.79. The van der Waals surface area contributed by atoms with Crippen molar-refractivity contribution in [1.82, 2.24) is 9.97 Å². The Hall–Kier alpha value is -2.99. The minimum atomic E-state index is -0.614. The van der Waals surface area contributed by atoms with E-state index in [9.17, 15) is 4.79 Å². The van der Waals surface area contributed by atoms with Crippen LogP contribution in [0.1, 0.15) is 12.8 Å². The molecule has 138 valence electrons. The van der Waals surface area contributed by atoms with Crippen molar-refractivity contribution in [1.29, 1.82) is 0 Å². The maximum Gasteiger partial charge on any atom is 0.225 e. The molecule has 6 heteroatoms. The zero-order chi connectivity index (χ0) is 18.7. The van der Waals surface area contributed by atoms with Gasteiger partial charge in [0, 0.05) is 30.7 Å². The molecule has 1 aliphatic heterocycles. The maximum atomic E-state index is 12.1. The minimum Gasteiger partial charge on any atom is -0.381 e. The number of hydrogen-bond donors (Lipinski definition) is 2. The molecule has 2 heterocycles. The van der Waals surface area contributed by atoms with E-state index in [1.165, 1.54) is 0 Å². The molecule has 1 aliphatic rings. The minimum absolute atomic E-state index is 0.292. The van der Waals surface area contributed by atoms with Gasteiger partial charge in [0.2, 0.25) is 5.91 Å². The topological polar surface area (TPSA) is 90.1 Å². The Labute approximate surface area is 157 Å².